The largest absolute Gasteiger partial charge is 0.393 e. The number of aliphatic hydroxyl groups is 1. The van der Waals surface area contributed by atoms with Crippen LogP contribution in [0.25, 0.3) is 0 Å². The van der Waals surface area contributed by atoms with Crippen molar-refractivity contribution in [3.8, 4) is 0 Å². The van der Waals surface area contributed by atoms with Gasteiger partial charge in [-0.3, -0.25) is 0 Å². The average molecular weight is 292 g/mol. The Morgan fingerprint density at radius 2 is 1.95 bits per heavy atom. The van der Waals surface area contributed by atoms with Crippen LogP contribution in [0, 0.1) is 5.92 Å². The molecule has 1 saturated carbocycles. The minimum absolute atomic E-state index is 0.122. The summed E-state index contributed by atoms with van der Waals surface area (Å²) in [5, 5.41) is 16.6. The first-order valence-electron chi connectivity index (χ1n) is 8.24. The summed E-state index contributed by atoms with van der Waals surface area (Å²) in [6.07, 6.45) is 7.66. The Morgan fingerprint density at radius 1 is 1.19 bits per heavy atom. The van der Waals surface area contributed by atoms with E-state index < -0.39 is 0 Å². The fourth-order valence-corrected chi connectivity index (χ4v) is 2.98. The predicted octanol–water partition coefficient (Wildman–Crippen LogP) is 2.82. The number of hydrogen-bond donors (Lipinski definition) is 3. The van der Waals surface area contributed by atoms with Gasteiger partial charge in [-0.05, 0) is 38.0 Å². The molecule has 0 aliphatic heterocycles. The highest BCUT2D eigenvalue weighted by molar-refractivity contribution is 5.57. The molecule has 0 spiro atoms. The summed E-state index contributed by atoms with van der Waals surface area (Å²) in [6.45, 7) is 6.09. The Hall–Kier alpha value is -1.36. The van der Waals surface area contributed by atoms with E-state index in [9.17, 15) is 5.11 Å². The number of anilines is 2. The van der Waals surface area contributed by atoms with Gasteiger partial charge in [-0.15, -0.1) is 0 Å². The molecule has 5 heteroatoms. The summed E-state index contributed by atoms with van der Waals surface area (Å²) in [5.41, 5.74) is 1.15. The Morgan fingerprint density at radius 3 is 2.62 bits per heavy atom. The normalized spacial score (nSPS) is 22.0. The van der Waals surface area contributed by atoms with Crippen LogP contribution in [0.5, 0.6) is 0 Å². The highest BCUT2D eigenvalue weighted by Crippen LogP contribution is 2.26. The van der Waals surface area contributed by atoms with Crippen LogP contribution in [0.15, 0.2) is 6.33 Å². The molecule has 0 radical (unpaired) electrons. The summed E-state index contributed by atoms with van der Waals surface area (Å²) >= 11 is 0. The van der Waals surface area contributed by atoms with E-state index in [1.807, 2.05) is 0 Å². The van der Waals surface area contributed by atoms with E-state index in [-0.39, 0.29) is 6.10 Å². The summed E-state index contributed by atoms with van der Waals surface area (Å²) in [5.74, 6) is 2.42. The standard InChI is InChI=1S/C16H28N4O/c1-3-8-17-15-14(4-2)16(20-11-19-15)18-10-12-6-5-7-13(21)9-12/h11-13,21H,3-10H2,1-2H3,(H2,17,18,19,20). The van der Waals surface area contributed by atoms with Crippen LogP contribution >= 0.6 is 0 Å². The van der Waals surface area contributed by atoms with Crippen molar-refractivity contribution in [2.24, 2.45) is 5.92 Å². The minimum atomic E-state index is -0.122. The van der Waals surface area contributed by atoms with E-state index in [0.717, 1.165) is 62.4 Å². The maximum absolute atomic E-state index is 9.76. The van der Waals surface area contributed by atoms with Crippen LogP contribution in [-0.2, 0) is 6.42 Å². The third-order valence-electron chi connectivity index (χ3n) is 4.15. The molecule has 1 heterocycles. The van der Waals surface area contributed by atoms with Gasteiger partial charge in [0.25, 0.3) is 0 Å². The van der Waals surface area contributed by atoms with Crippen molar-refractivity contribution in [2.75, 3.05) is 23.7 Å². The lowest BCUT2D eigenvalue weighted by atomic mass is 9.87. The Labute approximate surface area is 127 Å². The second-order valence-corrected chi connectivity index (χ2v) is 5.90. The molecule has 1 aliphatic carbocycles. The summed E-state index contributed by atoms with van der Waals surface area (Å²) in [6, 6.07) is 0. The fraction of sp³-hybridized carbons (Fsp3) is 0.750. The molecule has 0 saturated heterocycles. The van der Waals surface area contributed by atoms with E-state index in [2.05, 4.69) is 34.4 Å². The van der Waals surface area contributed by atoms with Crippen LogP contribution < -0.4 is 10.6 Å². The number of aliphatic hydroxyl groups excluding tert-OH is 1. The van der Waals surface area contributed by atoms with Gasteiger partial charge in [0, 0.05) is 18.7 Å². The molecule has 118 valence electrons. The molecule has 1 aliphatic rings. The van der Waals surface area contributed by atoms with Crippen molar-refractivity contribution >= 4 is 11.6 Å². The Kier molecular flexibility index (Phi) is 6.23. The summed E-state index contributed by atoms with van der Waals surface area (Å²) in [7, 11) is 0. The van der Waals surface area contributed by atoms with Gasteiger partial charge in [0.05, 0.1) is 6.10 Å². The number of hydrogen-bond acceptors (Lipinski definition) is 5. The van der Waals surface area contributed by atoms with Gasteiger partial charge < -0.3 is 15.7 Å². The van der Waals surface area contributed by atoms with Crippen LogP contribution in [0.2, 0.25) is 0 Å². The molecule has 1 aromatic rings. The monoisotopic (exact) mass is 292 g/mol. The maximum atomic E-state index is 9.76. The lowest BCUT2D eigenvalue weighted by molar-refractivity contribution is 0.104. The van der Waals surface area contributed by atoms with Gasteiger partial charge in [-0.1, -0.05) is 20.3 Å². The molecule has 3 N–H and O–H groups in total. The fourth-order valence-electron chi connectivity index (χ4n) is 2.98. The highest BCUT2D eigenvalue weighted by Gasteiger charge is 2.20. The second-order valence-electron chi connectivity index (χ2n) is 5.90. The predicted molar refractivity (Wildman–Crippen MR) is 86.6 cm³/mol. The van der Waals surface area contributed by atoms with Crippen LogP contribution in [0.4, 0.5) is 11.6 Å². The molecule has 2 unspecified atom stereocenters. The summed E-state index contributed by atoms with van der Waals surface area (Å²) < 4.78 is 0. The Balaban J connectivity index is 1.98. The number of nitrogens with zero attached hydrogens (tertiary/aromatic N) is 2. The van der Waals surface area contributed by atoms with Crippen LogP contribution in [0.3, 0.4) is 0 Å². The zero-order valence-electron chi connectivity index (χ0n) is 13.2. The van der Waals surface area contributed by atoms with E-state index in [1.165, 1.54) is 6.42 Å². The highest BCUT2D eigenvalue weighted by atomic mass is 16.3. The lowest BCUT2D eigenvalue weighted by Gasteiger charge is -2.26. The molecule has 1 fully saturated rings. The third kappa shape index (κ3) is 4.56. The molecule has 0 bridgehead atoms. The lowest BCUT2D eigenvalue weighted by Crippen LogP contribution is -2.25. The molecule has 2 atom stereocenters. The molecular formula is C16H28N4O. The maximum Gasteiger partial charge on any atom is 0.134 e. The van der Waals surface area contributed by atoms with Crippen molar-refractivity contribution in [3.05, 3.63) is 11.9 Å². The van der Waals surface area contributed by atoms with E-state index in [4.69, 9.17) is 0 Å². The zero-order valence-corrected chi connectivity index (χ0v) is 13.2. The van der Waals surface area contributed by atoms with Gasteiger partial charge in [0.1, 0.15) is 18.0 Å². The van der Waals surface area contributed by atoms with Gasteiger partial charge in [0.15, 0.2) is 0 Å². The van der Waals surface area contributed by atoms with Crippen molar-refractivity contribution in [3.63, 3.8) is 0 Å². The minimum Gasteiger partial charge on any atom is -0.393 e. The van der Waals surface area contributed by atoms with E-state index in [1.54, 1.807) is 6.33 Å². The Bertz CT molecular complexity index is 438. The topological polar surface area (TPSA) is 70.1 Å². The van der Waals surface area contributed by atoms with Crippen molar-refractivity contribution in [1.82, 2.24) is 9.97 Å². The number of aromatic nitrogens is 2. The molecule has 2 rings (SSSR count). The average Bonchev–Trinajstić information content (AvgIpc) is 2.50. The zero-order chi connectivity index (χ0) is 15.1. The van der Waals surface area contributed by atoms with E-state index in [0.29, 0.717) is 5.92 Å². The first kappa shape index (κ1) is 16.0. The molecule has 5 nitrogen and oxygen atoms in total. The van der Waals surface area contributed by atoms with Crippen molar-refractivity contribution in [1.29, 1.82) is 0 Å². The van der Waals surface area contributed by atoms with Crippen molar-refractivity contribution < 1.29 is 5.11 Å². The second kappa shape index (κ2) is 8.17. The molecule has 0 amide bonds. The first-order valence-corrected chi connectivity index (χ1v) is 8.24. The molecule has 21 heavy (non-hydrogen) atoms. The van der Waals surface area contributed by atoms with Gasteiger partial charge in [-0.2, -0.15) is 0 Å². The van der Waals surface area contributed by atoms with Crippen LogP contribution in [-0.4, -0.2) is 34.3 Å². The van der Waals surface area contributed by atoms with Crippen molar-refractivity contribution in [2.45, 2.75) is 58.5 Å². The van der Waals surface area contributed by atoms with Gasteiger partial charge in [-0.25, -0.2) is 9.97 Å². The van der Waals surface area contributed by atoms with Gasteiger partial charge in [0.2, 0.25) is 0 Å². The molecule has 1 aromatic heterocycles. The molecular weight excluding hydrogens is 264 g/mol. The van der Waals surface area contributed by atoms with Gasteiger partial charge >= 0.3 is 0 Å². The quantitative estimate of drug-likeness (QED) is 0.721. The summed E-state index contributed by atoms with van der Waals surface area (Å²) in [4.78, 5) is 8.75. The SMILES string of the molecule is CCCNc1ncnc(NCC2CCCC(O)C2)c1CC. The number of rotatable bonds is 7. The van der Waals surface area contributed by atoms with E-state index >= 15 is 0 Å². The smallest absolute Gasteiger partial charge is 0.134 e. The first-order chi connectivity index (χ1) is 10.2. The third-order valence-corrected chi connectivity index (χ3v) is 4.15. The molecule has 0 aromatic carbocycles. The van der Waals surface area contributed by atoms with Crippen LogP contribution in [0.1, 0.15) is 51.5 Å². The number of nitrogens with one attached hydrogen (secondary N) is 2.